The molecule has 1 rings (SSSR count). The van der Waals surface area contributed by atoms with Gasteiger partial charge in [-0.05, 0) is 19.1 Å². The Morgan fingerprint density at radius 2 is 1.78 bits per heavy atom. The molecule has 18 heavy (non-hydrogen) atoms. The minimum absolute atomic E-state index is 0.00302. The highest BCUT2D eigenvalue weighted by atomic mass is 19.1. The molecule has 6 heteroatoms. The van der Waals surface area contributed by atoms with Gasteiger partial charge in [-0.15, -0.1) is 0 Å². The Kier molecular flexibility index (Phi) is 4.76. The monoisotopic (exact) mass is 257 g/mol. The van der Waals surface area contributed by atoms with Crippen LogP contribution in [-0.2, 0) is 4.79 Å². The number of esters is 1. The Morgan fingerprint density at radius 3 is 2.22 bits per heavy atom. The second-order valence-electron chi connectivity index (χ2n) is 3.46. The predicted molar refractivity (Wildman–Crippen MR) is 60.3 cm³/mol. The zero-order chi connectivity index (χ0) is 13.7. The number of rotatable bonds is 4. The van der Waals surface area contributed by atoms with Crippen LogP contribution in [-0.4, -0.2) is 18.4 Å². The molecule has 0 aliphatic heterocycles. The maximum absolute atomic E-state index is 13.5. The number of ether oxygens (including phenoxy) is 1. The van der Waals surface area contributed by atoms with Crippen molar-refractivity contribution in [2.75, 3.05) is 6.54 Å². The fourth-order valence-electron chi connectivity index (χ4n) is 1.24. The molecule has 0 atom stereocenters. The number of carbonyl (C=O) groups is 2. The Morgan fingerprint density at radius 1 is 1.22 bits per heavy atom. The Bertz CT molecular complexity index is 451. The molecule has 0 aliphatic rings. The quantitative estimate of drug-likeness (QED) is 0.663. The maximum Gasteiger partial charge on any atom is 0.311 e. The number of amides is 1. The summed E-state index contributed by atoms with van der Waals surface area (Å²) in [5.74, 6) is -4.30. The third-order valence-electron chi connectivity index (χ3n) is 2.10. The van der Waals surface area contributed by atoms with Crippen LogP contribution in [0.2, 0.25) is 0 Å². The fraction of sp³-hybridized carbons (Fsp3) is 0.333. The van der Waals surface area contributed by atoms with Crippen molar-refractivity contribution in [2.24, 2.45) is 0 Å². The van der Waals surface area contributed by atoms with Crippen molar-refractivity contribution in [1.82, 2.24) is 5.32 Å². The van der Waals surface area contributed by atoms with E-state index < -0.39 is 29.3 Å². The van der Waals surface area contributed by atoms with E-state index in [0.717, 1.165) is 12.1 Å². The summed E-state index contributed by atoms with van der Waals surface area (Å²) < 4.78 is 31.5. The van der Waals surface area contributed by atoms with Gasteiger partial charge in [-0.3, -0.25) is 9.59 Å². The van der Waals surface area contributed by atoms with Gasteiger partial charge in [0.05, 0.1) is 0 Å². The topological polar surface area (TPSA) is 55.4 Å². The zero-order valence-electron chi connectivity index (χ0n) is 10.0. The lowest BCUT2D eigenvalue weighted by Gasteiger charge is -2.08. The maximum atomic E-state index is 13.5. The number of carbonyl (C=O) groups excluding carboxylic acids is 2. The van der Waals surface area contributed by atoms with Crippen molar-refractivity contribution in [1.29, 1.82) is 0 Å². The summed E-state index contributed by atoms with van der Waals surface area (Å²) >= 11 is 0. The molecule has 1 amide bonds. The van der Waals surface area contributed by atoms with Crippen LogP contribution in [0.1, 0.15) is 30.6 Å². The van der Waals surface area contributed by atoms with Crippen molar-refractivity contribution < 1.29 is 23.1 Å². The van der Waals surface area contributed by atoms with E-state index in [1.165, 1.54) is 6.92 Å². The second-order valence-corrected chi connectivity index (χ2v) is 3.46. The molecule has 1 N–H and O–H groups in total. The first-order valence-electron chi connectivity index (χ1n) is 5.47. The highest BCUT2D eigenvalue weighted by Gasteiger charge is 2.18. The first-order chi connectivity index (χ1) is 8.49. The van der Waals surface area contributed by atoms with Crippen molar-refractivity contribution in [2.45, 2.75) is 20.3 Å². The van der Waals surface area contributed by atoms with Crippen LogP contribution in [0.4, 0.5) is 8.78 Å². The average molecular weight is 257 g/mol. The molecule has 0 radical (unpaired) electrons. The smallest absolute Gasteiger partial charge is 0.311 e. The van der Waals surface area contributed by atoms with Gasteiger partial charge in [-0.2, -0.15) is 0 Å². The van der Waals surface area contributed by atoms with Gasteiger partial charge >= 0.3 is 5.97 Å². The number of benzene rings is 1. The number of hydrogen-bond acceptors (Lipinski definition) is 3. The lowest BCUT2D eigenvalue weighted by Crippen LogP contribution is -2.23. The van der Waals surface area contributed by atoms with Crippen LogP contribution >= 0.6 is 0 Å². The molecule has 0 fully saturated rings. The van der Waals surface area contributed by atoms with Crippen molar-refractivity contribution in [3.63, 3.8) is 0 Å². The van der Waals surface area contributed by atoms with Gasteiger partial charge in [-0.25, -0.2) is 8.78 Å². The molecule has 0 spiro atoms. The van der Waals surface area contributed by atoms with Crippen molar-refractivity contribution in [3.05, 3.63) is 29.3 Å². The summed E-state index contributed by atoms with van der Waals surface area (Å²) in [5, 5.41) is 2.41. The van der Waals surface area contributed by atoms with Crippen LogP contribution in [0, 0.1) is 11.6 Å². The molecule has 0 bridgehead atoms. The van der Waals surface area contributed by atoms with E-state index >= 15 is 0 Å². The largest absolute Gasteiger partial charge is 0.420 e. The number of halogens is 2. The first-order valence-corrected chi connectivity index (χ1v) is 5.47. The van der Waals surface area contributed by atoms with Gasteiger partial charge in [0, 0.05) is 18.5 Å². The zero-order valence-corrected chi connectivity index (χ0v) is 10.0. The van der Waals surface area contributed by atoms with Gasteiger partial charge < -0.3 is 10.1 Å². The normalized spacial score (nSPS) is 10.0. The van der Waals surface area contributed by atoms with Crippen LogP contribution < -0.4 is 10.1 Å². The van der Waals surface area contributed by atoms with E-state index in [2.05, 4.69) is 10.1 Å². The highest BCUT2D eigenvalue weighted by molar-refractivity contribution is 5.94. The molecule has 0 saturated carbocycles. The molecule has 0 aromatic heterocycles. The lowest BCUT2D eigenvalue weighted by molar-refractivity contribution is -0.134. The van der Waals surface area contributed by atoms with Gasteiger partial charge in [-0.1, -0.05) is 6.92 Å². The molecule has 0 heterocycles. The first kappa shape index (κ1) is 14.1. The third kappa shape index (κ3) is 3.26. The third-order valence-corrected chi connectivity index (χ3v) is 2.10. The second kappa shape index (κ2) is 6.09. The summed E-state index contributed by atoms with van der Waals surface area (Å²) in [6.07, 6.45) is -0.00302. The van der Waals surface area contributed by atoms with Crippen molar-refractivity contribution >= 4 is 11.9 Å². The minimum atomic E-state index is -1.09. The SMILES string of the molecule is CCNC(=O)c1cc(F)c(OC(=O)CC)c(F)c1. The van der Waals surface area contributed by atoms with Gasteiger partial charge in [0.1, 0.15) is 0 Å². The molecule has 1 aromatic carbocycles. The van der Waals surface area contributed by atoms with Gasteiger partial charge in [0.15, 0.2) is 11.6 Å². The molecule has 0 unspecified atom stereocenters. The molecule has 0 aliphatic carbocycles. The van der Waals surface area contributed by atoms with E-state index in [0.29, 0.717) is 6.54 Å². The Hall–Kier alpha value is -1.98. The van der Waals surface area contributed by atoms with E-state index in [1.54, 1.807) is 6.92 Å². The Balaban J connectivity index is 3.04. The molecule has 1 aromatic rings. The van der Waals surface area contributed by atoms with Crippen LogP contribution in [0.25, 0.3) is 0 Å². The van der Waals surface area contributed by atoms with E-state index in [4.69, 9.17) is 0 Å². The summed E-state index contributed by atoms with van der Waals surface area (Å²) in [6.45, 7) is 3.53. The lowest BCUT2D eigenvalue weighted by atomic mass is 10.2. The Labute approximate surface area is 103 Å². The fourth-order valence-corrected chi connectivity index (χ4v) is 1.24. The van der Waals surface area contributed by atoms with E-state index in [-0.39, 0.29) is 12.0 Å². The van der Waals surface area contributed by atoms with Crippen LogP contribution in [0.5, 0.6) is 5.75 Å². The van der Waals surface area contributed by atoms with E-state index in [9.17, 15) is 18.4 Å². The summed E-state index contributed by atoms with van der Waals surface area (Å²) in [7, 11) is 0. The predicted octanol–water partition coefficient (Wildman–Crippen LogP) is 2.03. The summed E-state index contributed by atoms with van der Waals surface area (Å²) in [6, 6.07) is 1.65. The van der Waals surface area contributed by atoms with E-state index in [1.807, 2.05) is 0 Å². The number of nitrogens with one attached hydrogen (secondary N) is 1. The molecule has 0 saturated heterocycles. The molecule has 4 nitrogen and oxygen atoms in total. The van der Waals surface area contributed by atoms with Crippen molar-refractivity contribution in [3.8, 4) is 5.75 Å². The average Bonchev–Trinajstić information content (AvgIpc) is 2.33. The van der Waals surface area contributed by atoms with Crippen LogP contribution in [0.3, 0.4) is 0 Å². The minimum Gasteiger partial charge on any atom is -0.420 e. The van der Waals surface area contributed by atoms with Crippen LogP contribution in [0.15, 0.2) is 12.1 Å². The molecular weight excluding hydrogens is 244 g/mol. The standard InChI is InChI=1S/C12H13F2NO3/c1-3-10(16)18-11-8(13)5-7(6-9(11)14)12(17)15-4-2/h5-6H,3-4H2,1-2H3,(H,15,17). The van der Waals surface area contributed by atoms with Gasteiger partial charge in [0.2, 0.25) is 5.75 Å². The summed E-state index contributed by atoms with van der Waals surface area (Å²) in [5.41, 5.74) is -0.164. The highest BCUT2D eigenvalue weighted by Crippen LogP contribution is 2.23. The summed E-state index contributed by atoms with van der Waals surface area (Å²) in [4.78, 5) is 22.4. The number of hydrogen-bond donors (Lipinski definition) is 1. The van der Waals surface area contributed by atoms with Gasteiger partial charge in [0.25, 0.3) is 5.91 Å². The molecular formula is C12H13F2NO3. The molecule has 98 valence electrons.